The van der Waals surface area contributed by atoms with Crippen LogP contribution in [0.4, 0.5) is 4.79 Å². The maximum atomic E-state index is 12.1. The molecule has 0 bridgehead atoms. The van der Waals surface area contributed by atoms with E-state index < -0.39 is 0 Å². The zero-order chi connectivity index (χ0) is 13.4. The Hall–Kier alpha value is -0.770. The topological polar surface area (TPSA) is 41.6 Å². The molecular formula is C14H26N2O2. The molecule has 1 aliphatic heterocycles. The largest absolute Gasteiger partial charge is 0.381 e. The van der Waals surface area contributed by atoms with Crippen LogP contribution in [0.25, 0.3) is 0 Å². The summed E-state index contributed by atoms with van der Waals surface area (Å²) in [5.41, 5.74) is 0.213. The van der Waals surface area contributed by atoms with Gasteiger partial charge >= 0.3 is 6.03 Å². The van der Waals surface area contributed by atoms with Crippen LogP contribution in [0.1, 0.15) is 46.5 Å². The van der Waals surface area contributed by atoms with Gasteiger partial charge in [0.2, 0.25) is 0 Å². The Balaban J connectivity index is 1.85. The second-order valence-corrected chi connectivity index (χ2v) is 6.79. The van der Waals surface area contributed by atoms with Crippen molar-refractivity contribution in [3.8, 4) is 0 Å². The van der Waals surface area contributed by atoms with E-state index in [0.717, 1.165) is 25.9 Å². The lowest BCUT2D eigenvalue weighted by atomic mass is 9.61. The molecule has 2 aliphatic rings. The number of rotatable bonds is 1. The quantitative estimate of drug-likeness (QED) is 0.780. The van der Waals surface area contributed by atoms with E-state index in [1.165, 1.54) is 12.8 Å². The van der Waals surface area contributed by atoms with Gasteiger partial charge in [0.25, 0.3) is 0 Å². The predicted octanol–water partition coefficient (Wildman–Crippen LogP) is 2.39. The number of ether oxygens (including phenoxy) is 1. The van der Waals surface area contributed by atoms with Gasteiger partial charge in [-0.05, 0) is 46.5 Å². The summed E-state index contributed by atoms with van der Waals surface area (Å²) >= 11 is 0. The first-order valence-corrected chi connectivity index (χ1v) is 6.96. The van der Waals surface area contributed by atoms with Crippen LogP contribution in [-0.2, 0) is 4.74 Å². The molecule has 4 heteroatoms. The van der Waals surface area contributed by atoms with E-state index in [1.807, 2.05) is 32.8 Å². The molecule has 1 saturated carbocycles. The number of hydrogen-bond donors (Lipinski definition) is 1. The van der Waals surface area contributed by atoms with Crippen molar-refractivity contribution in [2.24, 2.45) is 5.41 Å². The minimum atomic E-state index is -0.155. The summed E-state index contributed by atoms with van der Waals surface area (Å²) < 4.78 is 5.54. The number of amides is 2. The SMILES string of the molecule is COC1CCC12CCN(C(=O)NC(C)(C)C)CC2. The number of urea groups is 1. The van der Waals surface area contributed by atoms with Gasteiger partial charge in [0.05, 0.1) is 6.10 Å². The van der Waals surface area contributed by atoms with Crippen molar-refractivity contribution in [3.63, 3.8) is 0 Å². The molecule has 0 aromatic rings. The zero-order valence-corrected chi connectivity index (χ0v) is 12.1. The highest BCUT2D eigenvalue weighted by molar-refractivity contribution is 5.75. The molecule has 1 heterocycles. The predicted molar refractivity (Wildman–Crippen MR) is 71.6 cm³/mol. The van der Waals surface area contributed by atoms with E-state index in [0.29, 0.717) is 11.5 Å². The van der Waals surface area contributed by atoms with Crippen molar-refractivity contribution >= 4 is 6.03 Å². The highest BCUT2D eigenvalue weighted by Gasteiger charge is 2.49. The summed E-state index contributed by atoms with van der Waals surface area (Å²) in [4.78, 5) is 14.0. The van der Waals surface area contributed by atoms with Crippen molar-refractivity contribution in [1.82, 2.24) is 10.2 Å². The molecule has 0 aromatic heterocycles. The van der Waals surface area contributed by atoms with Crippen LogP contribution in [0, 0.1) is 5.41 Å². The molecule has 18 heavy (non-hydrogen) atoms. The number of methoxy groups -OCH3 is 1. The lowest BCUT2D eigenvalue weighted by Crippen LogP contribution is -2.57. The van der Waals surface area contributed by atoms with Crippen LogP contribution in [0.5, 0.6) is 0 Å². The Bertz CT molecular complexity index is 312. The summed E-state index contributed by atoms with van der Waals surface area (Å²) in [6.45, 7) is 7.78. The molecule has 0 radical (unpaired) electrons. The molecule has 1 atom stereocenters. The number of likely N-dealkylation sites (tertiary alicyclic amines) is 1. The van der Waals surface area contributed by atoms with Gasteiger partial charge in [0, 0.05) is 31.2 Å². The number of hydrogen-bond acceptors (Lipinski definition) is 2. The highest BCUT2D eigenvalue weighted by atomic mass is 16.5. The van der Waals surface area contributed by atoms with Crippen LogP contribution in [0.3, 0.4) is 0 Å². The molecule has 1 saturated heterocycles. The summed E-state index contributed by atoms with van der Waals surface area (Å²) in [5.74, 6) is 0. The highest BCUT2D eigenvalue weighted by Crippen LogP contribution is 2.50. The van der Waals surface area contributed by atoms with E-state index in [9.17, 15) is 4.79 Å². The fourth-order valence-corrected chi connectivity index (χ4v) is 3.17. The molecular weight excluding hydrogens is 228 g/mol. The molecule has 2 fully saturated rings. The van der Waals surface area contributed by atoms with Crippen LogP contribution in [0.15, 0.2) is 0 Å². The Morgan fingerprint density at radius 1 is 1.28 bits per heavy atom. The first-order valence-electron chi connectivity index (χ1n) is 6.96. The van der Waals surface area contributed by atoms with Gasteiger partial charge in [-0.3, -0.25) is 0 Å². The van der Waals surface area contributed by atoms with E-state index in [2.05, 4.69) is 5.32 Å². The smallest absolute Gasteiger partial charge is 0.317 e. The maximum absolute atomic E-state index is 12.1. The zero-order valence-electron chi connectivity index (χ0n) is 12.1. The fourth-order valence-electron chi connectivity index (χ4n) is 3.17. The number of nitrogens with one attached hydrogen (secondary N) is 1. The monoisotopic (exact) mass is 254 g/mol. The van der Waals surface area contributed by atoms with E-state index in [4.69, 9.17) is 4.74 Å². The average Bonchev–Trinajstić information content (AvgIpc) is 2.26. The number of nitrogens with zero attached hydrogens (tertiary/aromatic N) is 1. The van der Waals surface area contributed by atoms with Crippen molar-refractivity contribution in [2.45, 2.75) is 58.1 Å². The van der Waals surface area contributed by atoms with Crippen molar-refractivity contribution in [1.29, 1.82) is 0 Å². The fraction of sp³-hybridized carbons (Fsp3) is 0.929. The third-order valence-corrected chi connectivity index (χ3v) is 4.40. The first-order chi connectivity index (χ1) is 8.36. The van der Waals surface area contributed by atoms with Crippen molar-refractivity contribution in [2.75, 3.05) is 20.2 Å². The third-order valence-electron chi connectivity index (χ3n) is 4.40. The Morgan fingerprint density at radius 3 is 2.28 bits per heavy atom. The van der Waals surface area contributed by atoms with Gasteiger partial charge in [0.15, 0.2) is 0 Å². The Morgan fingerprint density at radius 2 is 1.89 bits per heavy atom. The normalized spacial score (nSPS) is 26.9. The second kappa shape index (κ2) is 4.72. The second-order valence-electron chi connectivity index (χ2n) is 6.79. The van der Waals surface area contributed by atoms with Crippen LogP contribution in [0.2, 0.25) is 0 Å². The van der Waals surface area contributed by atoms with Crippen molar-refractivity contribution in [3.05, 3.63) is 0 Å². The summed E-state index contributed by atoms with van der Waals surface area (Å²) in [5, 5.41) is 3.03. The molecule has 4 nitrogen and oxygen atoms in total. The summed E-state index contributed by atoms with van der Waals surface area (Å²) in [6, 6.07) is 0.0747. The standard InChI is InChI=1S/C14H26N2O2/c1-13(2,3)15-12(17)16-9-7-14(8-10-16)6-5-11(14)18-4/h11H,5-10H2,1-4H3,(H,15,17). The van der Waals surface area contributed by atoms with E-state index >= 15 is 0 Å². The van der Waals surface area contributed by atoms with Crippen LogP contribution >= 0.6 is 0 Å². The van der Waals surface area contributed by atoms with Gasteiger partial charge in [-0.25, -0.2) is 4.79 Å². The maximum Gasteiger partial charge on any atom is 0.317 e. The van der Waals surface area contributed by atoms with Crippen LogP contribution < -0.4 is 5.32 Å². The van der Waals surface area contributed by atoms with Gasteiger partial charge in [0.1, 0.15) is 0 Å². The Kier molecular flexibility index (Phi) is 3.58. The lowest BCUT2D eigenvalue weighted by Gasteiger charge is -2.53. The lowest BCUT2D eigenvalue weighted by molar-refractivity contribution is -0.116. The number of piperidine rings is 1. The van der Waals surface area contributed by atoms with Gasteiger partial charge in [-0.1, -0.05) is 0 Å². The molecule has 1 aliphatic carbocycles. The van der Waals surface area contributed by atoms with Gasteiger partial charge < -0.3 is 15.0 Å². The first kappa shape index (κ1) is 13.7. The van der Waals surface area contributed by atoms with Gasteiger partial charge in [-0.2, -0.15) is 0 Å². The molecule has 0 aromatic carbocycles. The third kappa shape index (κ3) is 2.63. The minimum absolute atomic E-state index is 0.0747. The minimum Gasteiger partial charge on any atom is -0.381 e. The summed E-state index contributed by atoms with van der Waals surface area (Å²) in [7, 11) is 1.81. The number of carbonyl (C=O) groups excluding carboxylic acids is 1. The van der Waals surface area contributed by atoms with Gasteiger partial charge in [-0.15, -0.1) is 0 Å². The molecule has 104 valence electrons. The average molecular weight is 254 g/mol. The summed E-state index contributed by atoms with van der Waals surface area (Å²) in [6.07, 6.45) is 5.04. The molecule has 1 N–H and O–H groups in total. The van der Waals surface area contributed by atoms with E-state index in [-0.39, 0.29) is 11.6 Å². The van der Waals surface area contributed by atoms with E-state index in [1.54, 1.807) is 0 Å². The van der Waals surface area contributed by atoms with Crippen LogP contribution in [-0.4, -0.2) is 42.8 Å². The molecule has 2 rings (SSSR count). The molecule has 2 amide bonds. The number of carbonyl (C=O) groups is 1. The van der Waals surface area contributed by atoms with Crippen molar-refractivity contribution < 1.29 is 9.53 Å². The molecule has 1 unspecified atom stereocenters. The Labute approximate surface area is 110 Å². The molecule has 1 spiro atoms.